The summed E-state index contributed by atoms with van der Waals surface area (Å²) in [5, 5.41) is 29.7. The fourth-order valence-electron chi connectivity index (χ4n) is 11.9. The van der Waals surface area contributed by atoms with Crippen molar-refractivity contribution in [3.05, 3.63) is 0 Å². The molecular weight excluding hydrogens is 689 g/mol. The Morgan fingerprint density at radius 3 is 2.30 bits per heavy atom. The second kappa shape index (κ2) is 18.0. The molecule has 12 heteroatoms. The van der Waals surface area contributed by atoms with E-state index in [2.05, 4.69) is 69.1 Å². The predicted octanol–water partition coefficient (Wildman–Crippen LogP) is 3.97. The maximum absolute atomic E-state index is 16.3. The molecule has 312 valence electrons. The minimum atomic E-state index is -1.18. The van der Waals surface area contributed by atoms with E-state index >= 15 is 4.39 Å². The molecule has 6 aliphatic rings. The molecule has 5 aliphatic carbocycles. The van der Waals surface area contributed by atoms with Crippen molar-refractivity contribution >= 4 is 11.8 Å². The van der Waals surface area contributed by atoms with Crippen LogP contribution in [0.15, 0.2) is 0 Å². The average molecular weight is 766 g/mol. The second-order valence-electron chi connectivity index (χ2n) is 19.8. The topological polar surface area (TPSA) is 127 Å². The SMILES string of the molecule is COC1C(CN2O[C@@H](CO)[C@H]([C@H](C)O)[C@H]2C(=O)NC2C[C@H]3C[C@@H]([C@@H]2C)C3(C)C)C(F)CCC1C1CC(C(=O)N[C@@H](CC(C)C)CN(C)C)CC(N(C)C)C1. The maximum Gasteiger partial charge on any atom is 0.240 e. The molecule has 16 atom stereocenters. The zero-order valence-corrected chi connectivity index (χ0v) is 35.3. The number of methoxy groups -OCH3 is 1. The highest BCUT2D eigenvalue weighted by atomic mass is 19.1. The van der Waals surface area contributed by atoms with E-state index in [0.29, 0.717) is 36.5 Å². The van der Waals surface area contributed by atoms with E-state index in [1.165, 1.54) is 6.42 Å². The van der Waals surface area contributed by atoms with Gasteiger partial charge in [0.05, 0.1) is 18.8 Å². The lowest BCUT2D eigenvalue weighted by molar-refractivity contribution is -0.199. The van der Waals surface area contributed by atoms with Gasteiger partial charge in [0.15, 0.2) is 0 Å². The summed E-state index contributed by atoms with van der Waals surface area (Å²) in [5.74, 6) is 0.496. The van der Waals surface area contributed by atoms with Crippen molar-refractivity contribution in [1.29, 1.82) is 0 Å². The number of nitrogens with zero attached hydrogens (tertiary/aromatic N) is 3. The Kier molecular flexibility index (Phi) is 14.6. The number of amides is 2. The first-order valence-electron chi connectivity index (χ1n) is 21.2. The summed E-state index contributed by atoms with van der Waals surface area (Å²) >= 11 is 0. The van der Waals surface area contributed by atoms with E-state index in [0.717, 1.165) is 38.6 Å². The molecule has 0 radical (unpaired) electrons. The van der Waals surface area contributed by atoms with Crippen molar-refractivity contribution in [2.24, 2.45) is 58.7 Å². The first kappa shape index (κ1) is 43.7. The summed E-state index contributed by atoms with van der Waals surface area (Å²) in [6, 6.07) is -0.584. The summed E-state index contributed by atoms with van der Waals surface area (Å²) in [5.41, 5.74) is 0.271. The van der Waals surface area contributed by atoms with Crippen LogP contribution in [0.4, 0.5) is 4.39 Å². The number of hydroxylamine groups is 2. The minimum absolute atomic E-state index is 0.0169. The number of ether oxygens (including phenoxy) is 1. The molecule has 1 aliphatic heterocycles. The van der Waals surface area contributed by atoms with Crippen molar-refractivity contribution < 1.29 is 33.8 Å². The number of fused-ring (bicyclic) bond motifs is 2. The fraction of sp³-hybridized carbons (Fsp3) is 0.952. The Hall–Kier alpha value is -1.41. The van der Waals surface area contributed by atoms with Gasteiger partial charge >= 0.3 is 0 Å². The monoisotopic (exact) mass is 766 g/mol. The largest absolute Gasteiger partial charge is 0.394 e. The van der Waals surface area contributed by atoms with Crippen LogP contribution in [0.1, 0.15) is 92.9 Å². The van der Waals surface area contributed by atoms with Gasteiger partial charge in [-0.25, -0.2) is 4.39 Å². The molecule has 0 aromatic heterocycles. The van der Waals surface area contributed by atoms with Gasteiger partial charge in [-0.2, -0.15) is 5.06 Å². The third-order valence-corrected chi connectivity index (χ3v) is 14.9. The average Bonchev–Trinajstić information content (AvgIpc) is 3.47. The minimum Gasteiger partial charge on any atom is -0.394 e. The van der Waals surface area contributed by atoms with Crippen LogP contribution in [-0.4, -0.2) is 141 Å². The predicted molar refractivity (Wildman–Crippen MR) is 209 cm³/mol. The van der Waals surface area contributed by atoms with Gasteiger partial charge in [0, 0.05) is 56.1 Å². The van der Waals surface area contributed by atoms with E-state index < -0.39 is 42.4 Å². The zero-order chi connectivity index (χ0) is 39.8. The lowest BCUT2D eigenvalue weighted by Gasteiger charge is -2.62. The number of halogens is 1. The highest BCUT2D eigenvalue weighted by molar-refractivity contribution is 5.83. The first-order chi connectivity index (χ1) is 25.4. The number of likely N-dealkylation sites (N-methyl/N-ethyl adjacent to an activating group) is 1. The van der Waals surface area contributed by atoms with Crippen LogP contribution < -0.4 is 10.6 Å². The van der Waals surface area contributed by atoms with E-state index in [1.807, 2.05) is 14.1 Å². The number of hydrogen-bond acceptors (Lipinski definition) is 9. The molecule has 0 aromatic carbocycles. The van der Waals surface area contributed by atoms with Gasteiger partial charge in [-0.3, -0.25) is 14.4 Å². The quantitative estimate of drug-likeness (QED) is 0.196. The summed E-state index contributed by atoms with van der Waals surface area (Å²) < 4.78 is 22.6. The van der Waals surface area contributed by atoms with Crippen LogP contribution in [0.25, 0.3) is 0 Å². The lowest BCUT2D eigenvalue weighted by atomic mass is 9.45. The van der Waals surface area contributed by atoms with Crippen LogP contribution in [0.3, 0.4) is 0 Å². The van der Waals surface area contributed by atoms with Crippen LogP contribution in [0, 0.1) is 58.7 Å². The van der Waals surface area contributed by atoms with Crippen LogP contribution in [0.5, 0.6) is 0 Å². The molecule has 0 spiro atoms. The number of aliphatic hydroxyl groups excluding tert-OH is 2. The van der Waals surface area contributed by atoms with E-state index in [-0.39, 0.29) is 66.3 Å². The van der Waals surface area contributed by atoms with Crippen LogP contribution >= 0.6 is 0 Å². The van der Waals surface area contributed by atoms with Crippen molar-refractivity contribution in [2.75, 3.05) is 55.0 Å². The van der Waals surface area contributed by atoms with Crippen molar-refractivity contribution in [2.45, 2.75) is 142 Å². The molecule has 2 amide bonds. The van der Waals surface area contributed by atoms with E-state index in [9.17, 15) is 19.8 Å². The Morgan fingerprint density at radius 1 is 1.04 bits per heavy atom. The molecule has 4 N–H and O–H groups in total. The molecule has 6 rings (SSSR count). The normalized spacial score (nSPS) is 40.8. The van der Waals surface area contributed by atoms with Crippen molar-refractivity contribution in [3.63, 3.8) is 0 Å². The number of carbonyl (C=O) groups is 2. The number of rotatable bonds is 15. The van der Waals surface area contributed by atoms with Gasteiger partial charge in [-0.05, 0) is 127 Å². The molecule has 1 heterocycles. The summed E-state index contributed by atoms with van der Waals surface area (Å²) in [4.78, 5) is 38.9. The van der Waals surface area contributed by atoms with Gasteiger partial charge in [-0.1, -0.05) is 34.6 Å². The number of aliphatic hydroxyl groups is 2. The summed E-state index contributed by atoms with van der Waals surface area (Å²) in [7, 11) is 9.88. The van der Waals surface area contributed by atoms with Crippen molar-refractivity contribution in [1.82, 2.24) is 25.5 Å². The summed E-state index contributed by atoms with van der Waals surface area (Å²) in [6.07, 6.45) is 3.09. The standard InChI is InChI=1S/C42H76FN5O6/c1-23(2)14-29(20-46(7)8)44-40(51)27-15-26(16-30(17-27)47(9)10)31-12-13-34(43)32(39(31)53-11)21-48-38(37(25(4)50)36(22-49)54-48)41(52)45-35-19-28-18-33(24(35)3)42(28,5)6/h23-39,49-50H,12-22H2,1-11H3,(H,44,51)(H,45,52)/t24-,25-,26?,27?,28+,29-,30?,31?,32?,33-,34?,35?,36-,37-,38-,39?/m0/s1. The molecule has 54 heavy (non-hydrogen) atoms. The molecular formula is C42H76FN5O6. The van der Waals surface area contributed by atoms with Crippen LogP contribution in [0.2, 0.25) is 0 Å². The highest BCUT2D eigenvalue weighted by Gasteiger charge is 2.58. The first-order valence-corrected chi connectivity index (χ1v) is 21.2. The van der Waals surface area contributed by atoms with Gasteiger partial charge in [0.1, 0.15) is 18.3 Å². The Morgan fingerprint density at radius 2 is 1.74 bits per heavy atom. The van der Waals surface area contributed by atoms with Gasteiger partial charge in [0.2, 0.25) is 11.8 Å². The molecule has 2 bridgehead atoms. The zero-order valence-electron chi connectivity index (χ0n) is 35.3. The third-order valence-electron chi connectivity index (χ3n) is 14.9. The Balaban J connectivity index is 1.34. The van der Waals surface area contributed by atoms with Crippen molar-refractivity contribution in [3.8, 4) is 0 Å². The van der Waals surface area contributed by atoms with E-state index in [1.54, 1.807) is 19.1 Å². The van der Waals surface area contributed by atoms with Gasteiger partial charge in [-0.15, -0.1) is 0 Å². The Bertz CT molecular complexity index is 1240. The number of nitrogens with one attached hydrogen (secondary N) is 2. The maximum atomic E-state index is 16.3. The molecule has 8 unspecified atom stereocenters. The van der Waals surface area contributed by atoms with Gasteiger partial charge < -0.3 is 35.4 Å². The molecule has 6 fully saturated rings. The molecule has 1 saturated heterocycles. The van der Waals surface area contributed by atoms with Gasteiger partial charge in [0.25, 0.3) is 0 Å². The van der Waals surface area contributed by atoms with E-state index in [4.69, 9.17) is 9.57 Å². The number of hydrogen-bond donors (Lipinski definition) is 4. The molecule has 0 aromatic rings. The molecule has 5 saturated carbocycles. The smallest absolute Gasteiger partial charge is 0.240 e. The Labute approximate surface area is 325 Å². The molecule has 11 nitrogen and oxygen atoms in total. The summed E-state index contributed by atoms with van der Waals surface area (Å²) in [6.45, 7) is 13.4. The fourth-order valence-corrected chi connectivity index (χ4v) is 11.9. The van der Waals surface area contributed by atoms with Crippen LogP contribution in [-0.2, 0) is 19.2 Å². The number of carbonyl (C=O) groups excluding carboxylic acids is 2. The lowest BCUT2D eigenvalue weighted by Crippen LogP contribution is -2.62. The highest BCUT2D eigenvalue weighted by Crippen LogP contribution is 2.61. The number of alkyl halides is 1. The second-order valence-corrected chi connectivity index (χ2v) is 19.8. The third kappa shape index (κ3) is 9.31.